The summed E-state index contributed by atoms with van der Waals surface area (Å²) >= 11 is 3.22. The van der Waals surface area contributed by atoms with E-state index in [-0.39, 0.29) is 36.8 Å². The quantitative estimate of drug-likeness (QED) is 0.569. The molecule has 0 aromatic heterocycles. The fourth-order valence-corrected chi connectivity index (χ4v) is 2.41. The van der Waals surface area contributed by atoms with Gasteiger partial charge in [0, 0.05) is 29.2 Å². The maximum atomic E-state index is 11.0. The van der Waals surface area contributed by atoms with Crippen molar-refractivity contribution in [2.24, 2.45) is 0 Å². The van der Waals surface area contributed by atoms with Gasteiger partial charge in [0.1, 0.15) is 5.69 Å². The van der Waals surface area contributed by atoms with Crippen molar-refractivity contribution >= 4 is 39.7 Å². The number of aliphatic hydroxyl groups is 1. The minimum atomic E-state index is -0.404. The first-order chi connectivity index (χ1) is 8.60. The van der Waals surface area contributed by atoms with E-state index in [9.17, 15) is 10.1 Å². The Balaban J connectivity index is 0.00000180. The Kier molecular flexibility index (Phi) is 5.99. The van der Waals surface area contributed by atoms with E-state index < -0.39 is 4.92 Å². The molecule has 106 valence electrons. The Labute approximate surface area is 125 Å². The average molecular weight is 353 g/mol. The molecule has 1 saturated heterocycles. The molecule has 0 saturated carbocycles. The van der Waals surface area contributed by atoms with Crippen LogP contribution in [0, 0.1) is 10.1 Å². The number of nitro groups is 1. The second-order valence-corrected chi connectivity index (χ2v) is 5.20. The number of anilines is 1. The third-order valence-corrected chi connectivity index (χ3v) is 3.45. The van der Waals surface area contributed by atoms with Crippen molar-refractivity contribution in [3.63, 3.8) is 0 Å². The van der Waals surface area contributed by atoms with Gasteiger partial charge in [-0.05, 0) is 18.6 Å². The molecular formula is C11H15BrClN3O3. The Hall–Kier alpha value is -0.890. The number of rotatable bonds is 4. The number of hydrogen-bond donors (Lipinski definition) is 3. The van der Waals surface area contributed by atoms with Crippen molar-refractivity contribution in [2.75, 3.05) is 18.5 Å². The summed E-state index contributed by atoms with van der Waals surface area (Å²) in [7, 11) is 0. The normalized spacial score (nSPS) is 21.8. The standard InChI is InChI=1S/C11H14BrN3O3.ClH/c12-7-1-2-10(11(3-7)15(17)18)14-8-4-9(6-16)13-5-8;/h1-3,8-9,13-14,16H,4-6H2;1H/t8-,9+;/m0./s1. The number of benzene rings is 1. The van der Waals surface area contributed by atoms with Crippen molar-refractivity contribution in [1.29, 1.82) is 0 Å². The van der Waals surface area contributed by atoms with Gasteiger partial charge in [0.25, 0.3) is 5.69 Å². The van der Waals surface area contributed by atoms with E-state index in [4.69, 9.17) is 5.11 Å². The Bertz CT molecular complexity index is 461. The van der Waals surface area contributed by atoms with Crippen LogP contribution in [0.25, 0.3) is 0 Å². The molecule has 3 N–H and O–H groups in total. The van der Waals surface area contributed by atoms with Gasteiger partial charge in [0.05, 0.1) is 11.5 Å². The largest absolute Gasteiger partial charge is 0.395 e. The van der Waals surface area contributed by atoms with E-state index in [1.807, 2.05) is 0 Å². The van der Waals surface area contributed by atoms with Crippen LogP contribution >= 0.6 is 28.3 Å². The zero-order valence-electron chi connectivity index (χ0n) is 10.0. The SMILES string of the molecule is Cl.O=[N+]([O-])c1cc(Br)ccc1N[C@@H]1CN[C@@H](CO)C1. The van der Waals surface area contributed by atoms with Crippen molar-refractivity contribution in [2.45, 2.75) is 18.5 Å². The monoisotopic (exact) mass is 351 g/mol. The lowest BCUT2D eigenvalue weighted by molar-refractivity contribution is -0.384. The molecule has 0 radical (unpaired) electrons. The van der Waals surface area contributed by atoms with Crippen LogP contribution in [0.15, 0.2) is 22.7 Å². The Morgan fingerprint density at radius 1 is 1.58 bits per heavy atom. The Morgan fingerprint density at radius 3 is 2.89 bits per heavy atom. The van der Waals surface area contributed by atoms with Crippen LogP contribution in [-0.2, 0) is 0 Å². The highest BCUT2D eigenvalue weighted by Gasteiger charge is 2.25. The summed E-state index contributed by atoms with van der Waals surface area (Å²) in [5, 5.41) is 26.3. The summed E-state index contributed by atoms with van der Waals surface area (Å²) in [6.07, 6.45) is 0.754. The molecule has 6 nitrogen and oxygen atoms in total. The molecule has 1 aromatic rings. The van der Waals surface area contributed by atoms with Crippen LogP contribution in [-0.4, -0.2) is 35.3 Å². The van der Waals surface area contributed by atoms with Gasteiger partial charge in [-0.2, -0.15) is 0 Å². The molecule has 2 rings (SSSR count). The predicted molar refractivity (Wildman–Crippen MR) is 78.9 cm³/mol. The van der Waals surface area contributed by atoms with Crippen LogP contribution in [0.2, 0.25) is 0 Å². The lowest BCUT2D eigenvalue weighted by Crippen LogP contribution is -2.25. The summed E-state index contributed by atoms with van der Waals surface area (Å²) < 4.78 is 0.678. The summed E-state index contributed by atoms with van der Waals surface area (Å²) in [5.74, 6) is 0. The fraction of sp³-hybridized carbons (Fsp3) is 0.455. The predicted octanol–water partition coefficient (Wildman–Crippen LogP) is 1.91. The molecule has 0 spiro atoms. The molecule has 1 heterocycles. The first kappa shape index (κ1) is 16.2. The van der Waals surface area contributed by atoms with Gasteiger partial charge in [-0.3, -0.25) is 10.1 Å². The summed E-state index contributed by atoms with van der Waals surface area (Å²) in [6, 6.07) is 5.10. The van der Waals surface area contributed by atoms with Gasteiger partial charge < -0.3 is 15.7 Å². The van der Waals surface area contributed by atoms with Crippen molar-refractivity contribution in [1.82, 2.24) is 5.32 Å². The molecule has 1 fully saturated rings. The van der Waals surface area contributed by atoms with Gasteiger partial charge in [0.2, 0.25) is 0 Å². The van der Waals surface area contributed by atoms with Crippen LogP contribution in [0.5, 0.6) is 0 Å². The highest BCUT2D eigenvalue weighted by molar-refractivity contribution is 9.10. The molecular weight excluding hydrogens is 337 g/mol. The highest BCUT2D eigenvalue weighted by atomic mass is 79.9. The van der Waals surface area contributed by atoms with Crippen LogP contribution in [0.4, 0.5) is 11.4 Å². The van der Waals surface area contributed by atoms with Gasteiger partial charge in [-0.15, -0.1) is 12.4 Å². The molecule has 8 heteroatoms. The third kappa shape index (κ3) is 4.04. The van der Waals surface area contributed by atoms with Gasteiger partial charge in [-0.25, -0.2) is 0 Å². The second kappa shape index (κ2) is 7.04. The van der Waals surface area contributed by atoms with Crippen molar-refractivity contribution in [3.8, 4) is 0 Å². The van der Waals surface area contributed by atoms with E-state index in [0.717, 1.165) is 6.42 Å². The van der Waals surface area contributed by atoms with Crippen molar-refractivity contribution in [3.05, 3.63) is 32.8 Å². The van der Waals surface area contributed by atoms with E-state index in [1.54, 1.807) is 12.1 Å². The average Bonchev–Trinajstić information content (AvgIpc) is 2.79. The second-order valence-electron chi connectivity index (χ2n) is 4.28. The first-order valence-electron chi connectivity index (χ1n) is 5.65. The lowest BCUT2D eigenvalue weighted by Gasteiger charge is -2.13. The number of nitrogens with zero attached hydrogens (tertiary/aromatic N) is 1. The van der Waals surface area contributed by atoms with Crippen molar-refractivity contribution < 1.29 is 10.0 Å². The number of nitrogens with one attached hydrogen (secondary N) is 2. The molecule has 0 amide bonds. The molecule has 1 aliphatic heterocycles. The molecule has 1 aliphatic rings. The smallest absolute Gasteiger partial charge is 0.293 e. The van der Waals surface area contributed by atoms with Crippen LogP contribution < -0.4 is 10.6 Å². The number of nitro benzene ring substituents is 1. The van der Waals surface area contributed by atoms with Crippen LogP contribution in [0.1, 0.15) is 6.42 Å². The molecule has 1 aromatic carbocycles. The molecule has 0 bridgehead atoms. The van der Waals surface area contributed by atoms with Gasteiger partial charge >= 0.3 is 0 Å². The van der Waals surface area contributed by atoms with E-state index in [2.05, 4.69) is 26.6 Å². The fourth-order valence-electron chi connectivity index (χ4n) is 2.07. The molecule has 2 atom stereocenters. The van der Waals surface area contributed by atoms with Gasteiger partial charge in [0.15, 0.2) is 0 Å². The molecule has 0 aliphatic carbocycles. The minimum absolute atomic E-state index is 0. The van der Waals surface area contributed by atoms with Gasteiger partial charge in [-0.1, -0.05) is 15.9 Å². The minimum Gasteiger partial charge on any atom is -0.395 e. The molecule has 0 unspecified atom stereocenters. The maximum Gasteiger partial charge on any atom is 0.293 e. The van der Waals surface area contributed by atoms with E-state index in [0.29, 0.717) is 16.7 Å². The van der Waals surface area contributed by atoms with Crippen LogP contribution in [0.3, 0.4) is 0 Å². The number of aliphatic hydroxyl groups excluding tert-OH is 1. The van der Waals surface area contributed by atoms with E-state index in [1.165, 1.54) is 6.07 Å². The first-order valence-corrected chi connectivity index (χ1v) is 6.44. The Morgan fingerprint density at radius 2 is 2.32 bits per heavy atom. The lowest BCUT2D eigenvalue weighted by atomic mass is 10.1. The summed E-state index contributed by atoms with van der Waals surface area (Å²) in [5.41, 5.74) is 0.561. The maximum absolute atomic E-state index is 11.0. The summed E-state index contributed by atoms with van der Waals surface area (Å²) in [4.78, 5) is 10.6. The number of hydrogen-bond acceptors (Lipinski definition) is 5. The number of halogens is 2. The highest BCUT2D eigenvalue weighted by Crippen LogP contribution is 2.29. The zero-order chi connectivity index (χ0) is 13.1. The van der Waals surface area contributed by atoms with E-state index >= 15 is 0 Å². The summed E-state index contributed by atoms with van der Waals surface area (Å²) in [6.45, 7) is 0.777. The topological polar surface area (TPSA) is 87.4 Å². The zero-order valence-corrected chi connectivity index (χ0v) is 12.4. The molecule has 19 heavy (non-hydrogen) atoms. The third-order valence-electron chi connectivity index (χ3n) is 2.96.